The molecular formula is C13H24N2O3. The molecule has 0 aliphatic carbocycles. The quantitative estimate of drug-likeness (QED) is 0.715. The lowest BCUT2D eigenvalue weighted by Crippen LogP contribution is -2.41. The summed E-state index contributed by atoms with van der Waals surface area (Å²) in [7, 11) is 0. The molecule has 0 aromatic rings. The number of carbonyl (C=O) groups excluding carboxylic acids is 1. The molecule has 0 aromatic heterocycles. The zero-order chi connectivity index (χ0) is 13.4. The molecule has 1 heterocycles. The van der Waals surface area contributed by atoms with Crippen LogP contribution in [0.25, 0.3) is 0 Å². The highest BCUT2D eigenvalue weighted by Gasteiger charge is 2.20. The first kappa shape index (κ1) is 15.0. The molecule has 1 fully saturated rings. The van der Waals surface area contributed by atoms with E-state index in [9.17, 15) is 9.59 Å². The summed E-state index contributed by atoms with van der Waals surface area (Å²) in [5.41, 5.74) is 0. The number of carboxylic acid groups (broad SMARTS) is 1. The summed E-state index contributed by atoms with van der Waals surface area (Å²) >= 11 is 0. The number of piperidine rings is 1. The van der Waals surface area contributed by atoms with E-state index < -0.39 is 5.97 Å². The van der Waals surface area contributed by atoms with Crippen LogP contribution in [0, 0.1) is 5.92 Å². The van der Waals surface area contributed by atoms with E-state index >= 15 is 0 Å². The average Bonchev–Trinajstić information content (AvgIpc) is 2.35. The van der Waals surface area contributed by atoms with Gasteiger partial charge in [0, 0.05) is 26.1 Å². The summed E-state index contributed by atoms with van der Waals surface area (Å²) in [4.78, 5) is 24.1. The lowest BCUT2D eigenvalue weighted by atomic mass is 9.98. The molecule has 0 spiro atoms. The first-order valence-electron chi connectivity index (χ1n) is 6.82. The molecule has 1 saturated heterocycles. The van der Waals surface area contributed by atoms with Gasteiger partial charge < -0.3 is 15.3 Å². The van der Waals surface area contributed by atoms with Gasteiger partial charge in [-0.05, 0) is 31.7 Å². The zero-order valence-electron chi connectivity index (χ0n) is 11.2. The Morgan fingerprint density at radius 1 is 1.39 bits per heavy atom. The van der Waals surface area contributed by atoms with Gasteiger partial charge in [-0.2, -0.15) is 0 Å². The van der Waals surface area contributed by atoms with Crippen molar-refractivity contribution in [2.45, 2.75) is 39.0 Å². The third kappa shape index (κ3) is 6.00. The van der Waals surface area contributed by atoms with Crippen molar-refractivity contribution in [1.29, 1.82) is 0 Å². The zero-order valence-corrected chi connectivity index (χ0v) is 11.2. The molecule has 0 aromatic carbocycles. The number of nitrogens with zero attached hydrogens (tertiary/aromatic N) is 1. The maximum absolute atomic E-state index is 11.4. The van der Waals surface area contributed by atoms with Crippen molar-refractivity contribution in [1.82, 2.24) is 10.2 Å². The van der Waals surface area contributed by atoms with Gasteiger partial charge in [-0.15, -0.1) is 0 Å². The Labute approximate surface area is 109 Å². The number of likely N-dealkylation sites (tertiary alicyclic amines) is 1. The Morgan fingerprint density at radius 3 is 2.83 bits per heavy atom. The fourth-order valence-electron chi connectivity index (χ4n) is 2.35. The molecule has 18 heavy (non-hydrogen) atoms. The van der Waals surface area contributed by atoms with E-state index in [2.05, 4.69) is 10.2 Å². The molecule has 1 amide bonds. The van der Waals surface area contributed by atoms with E-state index in [1.54, 1.807) is 0 Å². The van der Waals surface area contributed by atoms with Crippen LogP contribution in [0.3, 0.4) is 0 Å². The summed E-state index contributed by atoms with van der Waals surface area (Å²) in [5, 5.41) is 11.6. The van der Waals surface area contributed by atoms with Crippen LogP contribution >= 0.6 is 0 Å². The highest BCUT2D eigenvalue weighted by molar-refractivity contribution is 5.75. The van der Waals surface area contributed by atoms with Crippen molar-refractivity contribution in [3.63, 3.8) is 0 Å². The van der Waals surface area contributed by atoms with Gasteiger partial charge >= 0.3 is 5.97 Å². The van der Waals surface area contributed by atoms with Crippen molar-refractivity contribution < 1.29 is 14.7 Å². The van der Waals surface area contributed by atoms with Crippen molar-refractivity contribution in [3.05, 3.63) is 0 Å². The van der Waals surface area contributed by atoms with Gasteiger partial charge in [-0.25, -0.2) is 0 Å². The smallest absolute Gasteiger partial charge is 0.304 e. The molecule has 1 aliphatic heterocycles. The van der Waals surface area contributed by atoms with E-state index in [4.69, 9.17) is 5.11 Å². The second kappa shape index (κ2) is 8.08. The van der Waals surface area contributed by atoms with Crippen LogP contribution in [0.4, 0.5) is 0 Å². The molecule has 104 valence electrons. The molecule has 0 bridgehead atoms. The van der Waals surface area contributed by atoms with Crippen molar-refractivity contribution in [2.24, 2.45) is 5.92 Å². The molecule has 5 nitrogen and oxygen atoms in total. The average molecular weight is 256 g/mol. The minimum atomic E-state index is -0.742. The highest BCUT2D eigenvalue weighted by atomic mass is 16.4. The maximum atomic E-state index is 11.4. The topological polar surface area (TPSA) is 69.6 Å². The Bertz CT molecular complexity index is 281. The monoisotopic (exact) mass is 256 g/mol. The van der Waals surface area contributed by atoms with Crippen LogP contribution in [0.2, 0.25) is 0 Å². The van der Waals surface area contributed by atoms with E-state index in [0.717, 1.165) is 38.9 Å². The Morgan fingerprint density at radius 2 is 2.17 bits per heavy atom. The predicted molar refractivity (Wildman–Crippen MR) is 69.3 cm³/mol. The number of carbonyl (C=O) groups is 2. The van der Waals surface area contributed by atoms with Gasteiger partial charge in [0.25, 0.3) is 0 Å². The lowest BCUT2D eigenvalue weighted by molar-refractivity contribution is -0.137. The number of hydrogen-bond acceptors (Lipinski definition) is 3. The standard InChI is InChI=1S/C13H24N2O3/c1-2-4-12(16)14-9-11-5-3-7-15(10-11)8-6-13(17)18/h11H,2-10H2,1H3,(H,14,16)(H,17,18). The Balaban J connectivity index is 2.21. The van der Waals surface area contributed by atoms with Crippen LogP contribution in [-0.2, 0) is 9.59 Å². The fourth-order valence-corrected chi connectivity index (χ4v) is 2.35. The number of amides is 1. The van der Waals surface area contributed by atoms with Crippen LogP contribution in [0.15, 0.2) is 0 Å². The van der Waals surface area contributed by atoms with Crippen LogP contribution in [-0.4, -0.2) is 48.1 Å². The van der Waals surface area contributed by atoms with E-state index in [-0.39, 0.29) is 12.3 Å². The minimum absolute atomic E-state index is 0.125. The van der Waals surface area contributed by atoms with E-state index in [0.29, 0.717) is 18.9 Å². The number of hydrogen-bond donors (Lipinski definition) is 2. The lowest BCUT2D eigenvalue weighted by Gasteiger charge is -2.32. The van der Waals surface area contributed by atoms with Crippen molar-refractivity contribution in [2.75, 3.05) is 26.2 Å². The van der Waals surface area contributed by atoms with Gasteiger partial charge in [0.15, 0.2) is 0 Å². The number of rotatable bonds is 7. The molecule has 5 heteroatoms. The normalized spacial score (nSPS) is 20.6. The number of aliphatic carboxylic acids is 1. The summed E-state index contributed by atoms with van der Waals surface area (Å²) in [5.74, 6) is -0.151. The van der Waals surface area contributed by atoms with Crippen molar-refractivity contribution in [3.8, 4) is 0 Å². The Kier molecular flexibility index (Phi) is 6.72. The van der Waals surface area contributed by atoms with Gasteiger partial charge in [-0.3, -0.25) is 9.59 Å². The van der Waals surface area contributed by atoms with E-state index in [1.165, 1.54) is 0 Å². The summed E-state index contributed by atoms with van der Waals surface area (Å²) in [6.07, 6.45) is 3.88. The summed E-state index contributed by atoms with van der Waals surface area (Å²) in [6.45, 7) is 5.22. The maximum Gasteiger partial charge on any atom is 0.304 e. The summed E-state index contributed by atoms with van der Waals surface area (Å²) < 4.78 is 0. The van der Waals surface area contributed by atoms with E-state index in [1.807, 2.05) is 6.92 Å². The molecular weight excluding hydrogens is 232 g/mol. The van der Waals surface area contributed by atoms with Crippen molar-refractivity contribution >= 4 is 11.9 Å². The minimum Gasteiger partial charge on any atom is -0.481 e. The van der Waals surface area contributed by atoms with Gasteiger partial charge in [0.2, 0.25) is 5.91 Å². The molecule has 1 aliphatic rings. The SMILES string of the molecule is CCCC(=O)NCC1CCCN(CCC(=O)O)C1. The fraction of sp³-hybridized carbons (Fsp3) is 0.846. The van der Waals surface area contributed by atoms with Crippen LogP contribution in [0.5, 0.6) is 0 Å². The second-order valence-corrected chi connectivity index (χ2v) is 5.01. The summed E-state index contributed by atoms with van der Waals surface area (Å²) in [6, 6.07) is 0. The largest absolute Gasteiger partial charge is 0.481 e. The molecule has 1 atom stereocenters. The number of nitrogens with one attached hydrogen (secondary N) is 1. The van der Waals surface area contributed by atoms with Gasteiger partial charge in [0.05, 0.1) is 6.42 Å². The predicted octanol–water partition coefficient (Wildman–Crippen LogP) is 1.09. The second-order valence-electron chi connectivity index (χ2n) is 5.01. The first-order valence-corrected chi connectivity index (χ1v) is 6.82. The third-order valence-electron chi connectivity index (χ3n) is 3.31. The van der Waals surface area contributed by atoms with Crippen LogP contribution in [0.1, 0.15) is 39.0 Å². The van der Waals surface area contributed by atoms with Gasteiger partial charge in [-0.1, -0.05) is 6.92 Å². The van der Waals surface area contributed by atoms with Crippen LogP contribution < -0.4 is 5.32 Å². The Hall–Kier alpha value is -1.10. The number of carboxylic acids is 1. The van der Waals surface area contributed by atoms with Gasteiger partial charge in [0.1, 0.15) is 0 Å². The molecule has 0 radical (unpaired) electrons. The molecule has 2 N–H and O–H groups in total. The molecule has 1 rings (SSSR count). The highest BCUT2D eigenvalue weighted by Crippen LogP contribution is 2.15. The molecule has 0 saturated carbocycles. The molecule has 1 unspecified atom stereocenters. The first-order chi connectivity index (χ1) is 8.61. The third-order valence-corrected chi connectivity index (χ3v) is 3.31.